The van der Waals surface area contributed by atoms with Gasteiger partial charge in [-0.1, -0.05) is 27.7 Å². The number of carbonyl (C=O) groups excluding carboxylic acids is 2. The maximum atomic E-state index is 12.9. The second kappa shape index (κ2) is 5.35. The largest absolute Gasteiger partial charge is 0.376 e. The van der Waals surface area contributed by atoms with Crippen molar-refractivity contribution in [3.8, 4) is 0 Å². The smallest absolute Gasteiger partial charge is 0.246 e. The average molecular weight is 282 g/mol. The number of ether oxygens (including phenoxy) is 1. The van der Waals surface area contributed by atoms with Crippen LogP contribution in [0.5, 0.6) is 0 Å². The number of hydrogen-bond acceptors (Lipinski definition) is 3. The molecule has 5 heteroatoms. The fourth-order valence-corrected chi connectivity index (χ4v) is 3.18. The lowest BCUT2D eigenvalue weighted by molar-refractivity contribution is -0.156. The van der Waals surface area contributed by atoms with Crippen LogP contribution in [-0.4, -0.2) is 47.6 Å². The zero-order valence-electron chi connectivity index (χ0n) is 13.1. The summed E-state index contributed by atoms with van der Waals surface area (Å²) < 4.78 is 5.59. The summed E-state index contributed by atoms with van der Waals surface area (Å²) in [5.74, 6) is -0.00238. The second-order valence-electron chi connectivity index (χ2n) is 6.91. The van der Waals surface area contributed by atoms with Crippen LogP contribution in [0, 0.1) is 5.41 Å². The van der Waals surface area contributed by atoms with Crippen molar-refractivity contribution in [2.24, 2.45) is 5.41 Å². The molecule has 4 atom stereocenters. The second-order valence-corrected chi connectivity index (χ2v) is 6.91. The highest BCUT2D eigenvalue weighted by Gasteiger charge is 2.48. The van der Waals surface area contributed by atoms with E-state index in [2.05, 4.69) is 5.32 Å². The average Bonchev–Trinajstić information content (AvgIpc) is 2.75. The number of piperazine rings is 1. The Bertz CT molecular complexity index is 402. The fraction of sp³-hybridized carbons (Fsp3) is 0.867. The molecule has 5 nitrogen and oxygen atoms in total. The molecule has 4 unspecified atom stereocenters. The SMILES string of the molecule is CCC1C(=O)NC(C(C)(C)C)C(=O)N1C1CCOC1C. The first-order valence-electron chi connectivity index (χ1n) is 7.51. The zero-order valence-corrected chi connectivity index (χ0v) is 13.1. The molecule has 0 aliphatic carbocycles. The van der Waals surface area contributed by atoms with Crippen LogP contribution in [0.25, 0.3) is 0 Å². The molecule has 2 amide bonds. The van der Waals surface area contributed by atoms with Crippen LogP contribution >= 0.6 is 0 Å². The van der Waals surface area contributed by atoms with E-state index >= 15 is 0 Å². The number of carbonyl (C=O) groups is 2. The Labute approximate surface area is 121 Å². The van der Waals surface area contributed by atoms with Gasteiger partial charge in [0.25, 0.3) is 0 Å². The van der Waals surface area contributed by atoms with Gasteiger partial charge in [0.15, 0.2) is 0 Å². The molecule has 1 N–H and O–H groups in total. The van der Waals surface area contributed by atoms with Gasteiger partial charge in [0.1, 0.15) is 12.1 Å². The molecule has 2 aliphatic heterocycles. The van der Waals surface area contributed by atoms with Crippen LogP contribution in [0.1, 0.15) is 47.5 Å². The summed E-state index contributed by atoms with van der Waals surface area (Å²) >= 11 is 0. The molecule has 0 bridgehead atoms. The Morgan fingerprint density at radius 3 is 2.45 bits per heavy atom. The van der Waals surface area contributed by atoms with Crippen LogP contribution in [0.15, 0.2) is 0 Å². The molecule has 2 heterocycles. The van der Waals surface area contributed by atoms with Crippen molar-refractivity contribution in [2.75, 3.05) is 6.61 Å². The third-order valence-electron chi connectivity index (χ3n) is 4.37. The van der Waals surface area contributed by atoms with E-state index in [9.17, 15) is 9.59 Å². The predicted molar refractivity (Wildman–Crippen MR) is 76.1 cm³/mol. The molecule has 0 aromatic carbocycles. The van der Waals surface area contributed by atoms with E-state index in [0.29, 0.717) is 13.0 Å². The summed E-state index contributed by atoms with van der Waals surface area (Å²) in [6, 6.07) is -0.802. The lowest BCUT2D eigenvalue weighted by Gasteiger charge is -2.46. The molecule has 0 spiro atoms. The van der Waals surface area contributed by atoms with Gasteiger partial charge in [-0.15, -0.1) is 0 Å². The van der Waals surface area contributed by atoms with E-state index in [1.165, 1.54) is 0 Å². The summed E-state index contributed by atoms with van der Waals surface area (Å²) in [5.41, 5.74) is -0.285. The van der Waals surface area contributed by atoms with Gasteiger partial charge in [-0.05, 0) is 25.2 Å². The van der Waals surface area contributed by atoms with E-state index < -0.39 is 6.04 Å². The molecule has 2 saturated heterocycles. The fourth-order valence-electron chi connectivity index (χ4n) is 3.18. The first kappa shape index (κ1) is 15.3. The van der Waals surface area contributed by atoms with E-state index in [4.69, 9.17) is 4.74 Å². The molecule has 0 radical (unpaired) electrons. The lowest BCUT2D eigenvalue weighted by atomic mass is 9.83. The van der Waals surface area contributed by atoms with Crippen molar-refractivity contribution in [1.29, 1.82) is 0 Å². The van der Waals surface area contributed by atoms with E-state index in [-0.39, 0.29) is 35.4 Å². The van der Waals surface area contributed by atoms with Crippen LogP contribution in [0.2, 0.25) is 0 Å². The van der Waals surface area contributed by atoms with Crippen molar-refractivity contribution >= 4 is 11.8 Å². The van der Waals surface area contributed by atoms with Crippen molar-refractivity contribution in [3.63, 3.8) is 0 Å². The lowest BCUT2D eigenvalue weighted by Crippen LogP contribution is -2.69. The van der Waals surface area contributed by atoms with Crippen LogP contribution in [-0.2, 0) is 14.3 Å². The highest BCUT2D eigenvalue weighted by Crippen LogP contribution is 2.31. The number of amides is 2. The zero-order chi connectivity index (χ0) is 15.1. The molecule has 0 saturated carbocycles. The first-order chi connectivity index (χ1) is 9.27. The van der Waals surface area contributed by atoms with Crippen molar-refractivity contribution < 1.29 is 14.3 Å². The number of rotatable bonds is 2. The van der Waals surface area contributed by atoms with E-state index in [1.807, 2.05) is 34.6 Å². The molecular formula is C15H26N2O3. The van der Waals surface area contributed by atoms with Crippen LogP contribution < -0.4 is 5.32 Å². The number of nitrogens with zero attached hydrogens (tertiary/aromatic N) is 1. The minimum Gasteiger partial charge on any atom is -0.376 e. The van der Waals surface area contributed by atoms with Gasteiger partial charge in [-0.2, -0.15) is 0 Å². The summed E-state index contributed by atoms with van der Waals surface area (Å²) in [6.07, 6.45) is 1.45. The highest BCUT2D eigenvalue weighted by atomic mass is 16.5. The first-order valence-corrected chi connectivity index (χ1v) is 7.51. The Hall–Kier alpha value is -1.10. The summed E-state index contributed by atoms with van der Waals surface area (Å²) in [4.78, 5) is 27.0. The molecule has 0 aromatic heterocycles. The summed E-state index contributed by atoms with van der Waals surface area (Å²) in [6.45, 7) is 10.5. The maximum absolute atomic E-state index is 12.9. The quantitative estimate of drug-likeness (QED) is 0.831. The summed E-state index contributed by atoms with van der Waals surface area (Å²) in [5, 5.41) is 2.90. The van der Waals surface area contributed by atoms with Gasteiger partial charge in [0, 0.05) is 6.61 Å². The number of nitrogens with one attached hydrogen (secondary N) is 1. The minimum absolute atomic E-state index is 0.000446. The van der Waals surface area contributed by atoms with Gasteiger partial charge in [0.05, 0.1) is 12.1 Å². The Kier molecular flexibility index (Phi) is 4.09. The van der Waals surface area contributed by atoms with E-state index in [0.717, 1.165) is 6.42 Å². The van der Waals surface area contributed by atoms with Gasteiger partial charge in [0.2, 0.25) is 11.8 Å². The predicted octanol–water partition coefficient (Wildman–Crippen LogP) is 1.32. The topological polar surface area (TPSA) is 58.6 Å². The van der Waals surface area contributed by atoms with Gasteiger partial charge >= 0.3 is 0 Å². The molecule has 114 valence electrons. The molecule has 2 fully saturated rings. The number of hydrogen-bond donors (Lipinski definition) is 1. The standard InChI is InChI=1S/C15H26N2O3/c1-6-10-13(18)16-12(15(3,4)5)14(19)17(10)11-7-8-20-9(11)2/h9-12H,6-8H2,1-5H3,(H,16,18). The van der Waals surface area contributed by atoms with Gasteiger partial charge in [-0.3, -0.25) is 9.59 Å². The van der Waals surface area contributed by atoms with Crippen molar-refractivity contribution in [1.82, 2.24) is 10.2 Å². The molecular weight excluding hydrogens is 256 g/mol. The summed E-state index contributed by atoms with van der Waals surface area (Å²) in [7, 11) is 0. The third-order valence-corrected chi connectivity index (χ3v) is 4.37. The minimum atomic E-state index is -0.453. The third kappa shape index (κ3) is 2.55. The maximum Gasteiger partial charge on any atom is 0.246 e. The molecule has 20 heavy (non-hydrogen) atoms. The molecule has 0 aromatic rings. The van der Waals surface area contributed by atoms with Gasteiger partial charge in [-0.25, -0.2) is 0 Å². The van der Waals surface area contributed by atoms with Gasteiger partial charge < -0.3 is 15.0 Å². The Morgan fingerprint density at radius 1 is 1.35 bits per heavy atom. The van der Waals surface area contributed by atoms with Crippen LogP contribution in [0.4, 0.5) is 0 Å². The Morgan fingerprint density at radius 2 is 2.00 bits per heavy atom. The monoisotopic (exact) mass is 282 g/mol. The van der Waals surface area contributed by atoms with Crippen LogP contribution in [0.3, 0.4) is 0 Å². The van der Waals surface area contributed by atoms with Crippen molar-refractivity contribution in [2.45, 2.75) is 71.7 Å². The normalized spacial score (nSPS) is 35.4. The highest BCUT2D eigenvalue weighted by molar-refractivity contribution is 5.97. The molecule has 2 rings (SSSR count). The van der Waals surface area contributed by atoms with E-state index in [1.54, 1.807) is 4.90 Å². The molecule has 2 aliphatic rings. The van der Waals surface area contributed by atoms with Crippen molar-refractivity contribution in [3.05, 3.63) is 0 Å². The Balaban J connectivity index is 2.32.